The lowest BCUT2D eigenvalue weighted by Crippen LogP contribution is -2.47. The van der Waals surface area contributed by atoms with Crippen LogP contribution in [0.25, 0.3) is 0 Å². The van der Waals surface area contributed by atoms with E-state index < -0.39 is 0 Å². The van der Waals surface area contributed by atoms with Crippen molar-refractivity contribution in [2.24, 2.45) is 0 Å². The van der Waals surface area contributed by atoms with Crippen LogP contribution in [0.2, 0.25) is 0 Å². The van der Waals surface area contributed by atoms with E-state index in [4.69, 9.17) is 9.72 Å². The van der Waals surface area contributed by atoms with Crippen LogP contribution in [0.1, 0.15) is 18.4 Å². The van der Waals surface area contributed by atoms with E-state index in [2.05, 4.69) is 20.9 Å². The number of benzene rings is 1. The molecule has 1 atom stereocenters. The first-order valence-electron chi connectivity index (χ1n) is 9.99. The van der Waals surface area contributed by atoms with Crippen LogP contribution >= 0.6 is 0 Å². The quantitative estimate of drug-likeness (QED) is 0.786. The van der Waals surface area contributed by atoms with Gasteiger partial charge in [0.05, 0.1) is 24.5 Å². The minimum absolute atomic E-state index is 0.134. The van der Waals surface area contributed by atoms with Crippen molar-refractivity contribution in [1.29, 1.82) is 5.26 Å². The summed E-state index contributed by atoms with van der Waals surface area (Å²) in [6, 6.07) is 8.84. The molecule has 0 bridgehead atoms. The molecule has 0 aliphatic carbocycles. The third kappa shape index (κ3) is 4.10. The largest absolute Gasteiger partial charge is 0.378 e. The fourth-order valence-corrected chi connectivity index (χ4v) is 4.04. The van der Waals surface area contributed by atoms with Gasteiger partial charge in [0.15, 0.2) is 0 Å². The Balaban J connectivity index is 1.52. The Bertz CT molecular complexity index is 895. The Morgan fingerprint density at radius 2 is 2.03 bits per heavy atom. The lowest BCUT2D eigenvalue weighted by molar-refractivity contribution is 0.122. The predicted molar refractivity (Wildman–Crippen MR) is 110 cm³/mol. The number of nitriles is 1. The lowest BCUT2D eigenvalue weighted by Gasteiger charge is -2.39. The summed E-state index contributed by atoms with van der Waals surface area (Å²) >= 11 is 0. The molecule has 7 nitrogen and oxygen atoms in total. The van der Waals surface area contributed by atoms with E-state index in [9.17, 15) is 9.65 Å². The molecule has 3 heterocycles. The zero-order valence-electron chi connectivity index (χ0n) is 16.6. The number of halogens is 1. The third-order valence-electron chi connectivity index (χ3n) is 5.65. The summed E-state index contributed by atoms with van der Waals surface area (Å²) in [5, 5.41) is 9.39. The minimum atomic E-state index is -0.349. The molecule has 152 valence electrons. The maximum absolute atomic E-state index is 14.5. The van der Waals surface area contributed by atoms with Crippen LogP contribution in [-0.4, -0.2) is 62.5 Å². The summed E-state index contributed by atoms with van der Waals surface area (Å²) in [6.07, 6.45) is 3.67. The summed E-state index contributed by atoms with van der Waals surface area (Å²) in [4.78, 5) is 15.5. The molecule has 0 spiro atoms. The van der Waals surface area contributed by atoms with Gasteiger partial charge in [0.1, 0.15) is 17.7 Å². The Hall–Kier alpha value is -2.92. The van der Waals surface area contributed by atoms with Gasteiger partial charge < -0.3 is 19.4 Å². The molecule has 1 aromatic heterocycles. The van der Waals surface area contributed by atoms with Crippen LogP contribution in [0.15, 0.2) is 30.5 Å². The predicted octanol–water partition coefficient (Wildman–Crippen LogP) is 2.43. The summed E-state index contributed by atoms with van der Waals surface area (Å²) < 4.78 is 19.9. The van der Waals surface area contributed by atoms with Gasteiger partial charge in [-0.25, -0.2) is 9.37 Å². The molecule has 4 rings (SSSR count). The maximum atomic E-state index is 14.5. The normalized spacial score (nSPS) is 19.7. The molecule has 1 unspecified atom stereocenters. The van der Waals surface area contributed by atoms with Gasteiger partial charge in [-0.15, -0.1) is 0 Å². The average molecular weight is 396 g/mol. The highest BCUT2D eigenvalue weighted by Gasteiger charge is 2.28. The number of morpholine rings is 1. The minimum Gasteiger partial charge on any atom is -0.378 e. The fraction of sp³-hybridized carbons (Fsp3) is 0.476. The van der Waals surface area contributed by atoms with Gasteiger partial charge in [0.2, 0.25) is 5.95 Å². The zero-order valence-corrected chi connectivity index (χ0v) is 16.6. The van der Waals surface area contributed by atoms with Crippen molar-refractivity contribution in [3.63, 3.8) is 0 Å². The van der Waals surface area contributed by atoms with E-state index in [1.165, 1.54) is 6.07 Å². The van der Waals surface area contributed by atoms with Crippen LogP contribution < -0.4 is 14.7 Å². The Morgan fingerprint density at radius 3 is 2.83 bits per heavy atom. The Morgan fingerprint density at radius 1 is 1.21 bits per heavy atom. The van der Waals surface area contributed by atoms with E-state index in [1.807, 2.05) is 18.0 Å². The SMILES string of the molecule is CN(c1nccc(N2CCOCC2)n1)C1CCCN(c2c(F)cccc2C#N)C1. The van der Waals surface area contributed by atoms with Crippen LogP contribution in [0.3, 0.4) is 0 Å². The molecule has 0 amide bonds. The number of likely N-dealkylation sites (N-methyl/N-ethyl adjacent to an activating group) is 1. The van der Waals surface area contributed by atoms with E-state index in [0.29, 0.717) is 37.0 Å². The number of aromatic nitrogens is 2. The summed E-state index contributed by atoms with van der Waals surface area (Å²) in [6.45, 7) is 4.41. The van der Waals surface area contributed by atoms with Gasteiger partial charge in [-0.05, 0) is 31.0 Å². The number of para-hydroxylation sites is 1. The molecule has 2 fully saturated rings. The van der Waals surface area contributed by atoms with Crippen molar-refractivity contribution in [1.82, 2.24) is 9.97 Å². The van der Waals surface area contributed by atoms with Crippen molar-refractivity contribution in [3.05, 3.63) is 41.8 Å². The highest BCUT2D eigenvalue weighted by atomic mass is 19.1. The maximum Gasteiger partial charge on any atom is 0.227 e. The summed E-state index contributed by atoms with van der Waals surface area (Å²) in [7, 11) is 1.99. The molecule has 2 saturated heterocycles. The smallest absolute Gasteiger partial charge is 0.227 e. The molecule has 1 aromatic carbocycles. The van der Waals surface area contributed by atoms with Crippen LogP contribution in [0.4, 0.5) is 21.8 Å². The molecule has 2 aliphatic heterocycles. The molecule has 0 N–H and O–H groups in total. The second-order valence-corrected chi connectivity index (χ2v) is 7.42. The van der Waals surface area contributed by atoms with Crippen LogP contribution in [-0.2, 0) is 4.74 Å². The third-order valence-corrected chi connectivity index (χ3v) is 5.65. The molecule has 2 aromatic rings. The molecular weight excluding hydrogens is 371 g/mol. The Kier molecular flexibility index (Phi) is 5.76. The van der Waals surface area contributed by atoms with Gasteiger partial charge >= 0.3 is 0 Å². The van der Waals surface area contributed by atoms with Gasteiger partial charge in [0, 0.05) is 45.5 Å². The first-order chi connectivity index (χ1) is 14.2. The average Bonchev–Trinajstić information content (AvgIpc) is 2.79. The number of hydrogen-bond acceptors (Lipinski definition) is 7. The van der Waals surface area contributed by atoms with Crippen molar-refractivity contribution < 1.29 is 9.13 Å². The van der Waals surface area contributed by atoms with Crippen LogP contribution in [0, 0.1) is 17.1 Å². The highest BCUT2D eigenvalue weighted by Crippen LogP contribution is 2.29. The van der Waals surface area contributed by atoms with E-state index in [1.54, 1.807) is 18.3 Å². The Labute approximate surface area is 170 Å². The van der Waals surface area contributed by atoms with E-state index in [-0.39, 0.29) is 11.9 Å². The zero-order chi connectivity index (χ0) is 20.2. The summed E-state index contributed by atoms with van der Waals surface area (Å²) in [5.41, 5.74) is 0.773. The highest BCUT2D eigenvalue weighted by molar-refractivity contribution is 5.61. The molecular formula is C21H25FN6O. The number of ether oxygens (including phenoxy) is 1. The molecule has 29 heavy (non-hydrogen) atoms. The molecule has 0 saturated carbocycles. The molecule has 8 heteroatoms. The number of nitrogens with zero attached hydrogens (tertiary/aromatic N) is 6. The monoisotopic (exact) mass is 396 g/mol. The lowest BCUT2D eigenvalue weighted by atomic mass is 10.0. The van der Waals surface area contributed by atoms with Crippen LogP contribution in [0.5, 0.6) is 0 Å². The first-order valence-corrected chi connectivity index (χ1v) is 9.99. The number of anilines is 3. The molecule has 2 aliphatic rings. The topological polar surface area (TPSA) is 68.5 Å². The van der Waals surface area contributed by atoms with Gasteiger partial charge in [-0.1, -0.05) is 6.07 Å². The number of piperidine rings is 1. The number of hydrogen-bond donors (Lipinski definition) is 0. The van der Waals surface area contributed by atoms with Crippen molar-refractivity contribution in [2.75, 3.05) is 61.1 Å². The first kappa shape index (κ1) is 19.4. The standard InChI is InChI=1S/C21H25FN6O/c1-26(21-24-8-7-19(25-21)27-10-12-29-13-11-27)17-5-3-9-28(15-17)20-16(14-23)4-2-6-18(20)22/h2,4,6-8,17H,3,5,9-13,15H2,1H3. The van der Waals surface area contributed by atoms with E-state index in [0.717, 1.165) is 38.3 Å². The van der Waals surface area contributed by atoms with Gasteiger partial charge in [-0.2, -0.15) is 10.2 Å². The number of rotatable bonds is 4. The summed E-state index contributed by atoms with van der Waals surface area (Å²) in [5.74, 6) is 1.21. The van der Waals surface area contributed by atoms with Crippen molar-refractivity contribution in [2.45, 2.75) is 18.9 Å². The second-order valence-electron chi connectivity index (χ2n) is 7.42. The van der Waals surface area contributed by atoms with Crippen molar-refractivity contribution in [3.8, 4) is 6.07 Å². The van der Waals surface area contributed by atoms with E-state index >= 15 is 0 Å². The fourth-order valence-electron chi connectivity index (χ4n) is 4.04. The van der Waals surface area contributed by atoms with Crippen molar-refractivity contribution >= 4 is 17.5 Å². The molecule has 0 radical (unpaired) electrons. The van der Waals surface area contributed by atoms with Gasteiger partial charge in [0.25, 0.3) is 0 Å². The second kappa shape index (κ2) is 8.62. The van der Waals surface area contributed by atoms with Gasteiger partial charge in [-0.3, -0.25) is 0 Å².